The van der Waals surface area contributed by atoms with E-state index in [1.54, 1.807) is 24.5 Å². The molecule has 4 N–H and O–H groups in total. The van der Waals surface area contributed by atoms with Gasteiger partial charge in [-0.15, -0.1) is 12.4 Å². The molecular weight excluding hydrogens is 481 g/mol. The van der Waals surface area contributed by atoms with Crippen LogP contribution in [0.5, 0.6) is 0 Å². The fourth-order valence-corrected chi connectivity index (χ4v) is 5.01. The van der Waals surface area contributed by atoms with Crippen LogP contribution in [-0.2, 0) is 20.3 Å². The average molecular weight is 508 g/mol. The summed E-state index contributed by atoms with van der Waals surface area (Å²) in [6.45, 7) is 2.66. The summed E-state index contributed by atoms with van der Waals surface area (Å²) in [5.41, 5.74) is 14.1. The van der Waals surface area contributed by atoms with Gasteiger partial charge in [0.2, 0.25) is 0 Å². The highest BCUT2D eigenvalue weighted by Crippen LogP contribution is 2.30. The van der Waals surface area contributed by atoms with Gasteiger partial charge in [-0.05, 0) is 41.5 Å². The van der Waals surface area contributed by atoms with E-state index < -0.39 is 21.7 Å². The van der Waals surface area contributed by atoms with Crippen LogP contribution >= 0.6 is 12.4 Å². The number of ether oxygens (including phenoxy) is 1. The van der Waals surface area contributed by atoms with Gasteiger partial charge in [-0.2, -0.15) is 0 Å². The molecule has 0 aliphatic carbocycles. The first-order valence-corrected chi connectivity index (χ1v) is 12.2. The van der Waals surface area contributed by atoms with E-state index in [9.17, 15) is 12.8 Å². The van der Waals surface area contributed by atoms with E-state index in [2.05, 4.69) is 14.9 Å². The lowest BCUT2D eigenvalue weighted by atomic mass is 10.1. The number of aromatic nitrogens is 2. The molecule has 1 fully saturated rings. The van der Waals surface area contributed by atoms with Crippen molar-refractivity contribution < 1.29 is 17.5 Å². The Balaban J connectivity index is 0.00000324. The summed E-state index contributed by atoms with van der Waals surface area (Å²) in [6, 6.07) is 10.2. The van der Waals surface area contributed by atoms with E-state index in [1.807, 2.05) is 6.07 Å². The van der Waals surface area contributed by atoms with Crippen molar-refractivity contribution in [3.8, 4) is 11.1 Å². The number of rotatable bonds is 7. The average Bonchev–Trinajstić information content (AvgIpc) is 2.85. The van der Waals surface area contributed by atoms with E-state index in [0.717, 1.165) is 5.69 Å². The molecule has 2 heterocycles. The first-order chi connectivity index (χ1) is 15.9. The highest BCUT2D eigenvalue weighted by Gasteiger charge is 2.21. The van der Waals surface area contributed by atoms with Crippen molar-refractivity contribution in [2.75, 3.05) is 37.7 Å². The summed E-state index contributed by atoms with van der Waals surface area (Å²) < 4.78 is 45.3. The number of hydrogen-bond acceptors (Lipinski definition) is 8. The molecule has 0 bridgehead atoms. The van der Waals surface area contributed by atoms with Crippen LogP contribution in [0.3, 0.4) is 0 Å². The Hall–Kier alpha value is -2.63. The fraction of sp³-hybridized carbons (Fsp3) is 0.304. The van der Waals surface area contributed by atoms with E-state index in [1.165, 1.54) is 24.3 Å². The van der Waals surface area contributed by atoms with Gasteiger partial charge in [0.25, 0.3) is 0 Å². The summed E-state index contributed by atoms with van der Waals surface area (Å²) in [4.78, 5) is 10.9. The zero-order valence-electron chi connectivity index (χ0n) is 18.4. The van der Waals surface area contributed by atoms with Crippen LogP contribution < -0.4 is 16.4 Å². The van der Waals surface area contributed by atoms with E-state index in [-0.39, 0.29) is 29.6 Å². The van der Waals surface area contributed by atoms with Gasteiger partial charge in [0.15, 0.2) is 9.84 Å². The Morgan fingerprint density at radius 2 is 1.68 bits per heavy atom. The Bertz CT molecular complexity index is 1200. The Labute approximate surface area is 204 Å². The van der Waals surface area contributed by atoms with Crippen molar-refractivity contribution in [3.63, 3.8) is 0 Å². The third kappa shape index (κ3) is 6.08. The van der Waals surface area contributed by atoms with Gasteiger partial charge in [-0.3, -0.25) is 0 Å². The fourth-order valence-electron chi connectivity index (χ4n) is 3.60. The SMILES string of the molecule is Cl.NCC(N)c1ncc(-c2cc(N3CCOCC3)cc(S(=O)(=O)Cc3ccc(F)cc3)c2)cn1. The van der Waals surface area contributed by atoms with Crippen LogP contribution in [0.25, 0.3) is 11.1 Å². The summed E-state index contributed by atoms with van der Waals surface area (Å²) in [5.74, 6) is -0.222. The summed E-state index contributed by atoms with van der Waals surface area (Å²) >= 11 is 0. The van der Waals surface area contributed by atoms with Crippen LogP contribution in [0.1, 0.15) is 17.4 Å². The normalized spacial score (nSPS) is 15.0. The molecule has 3 aromatic rings. The maximum Gasteiger partial charge on any atom is 0.182 e. The molecule has 0 spiro atoms. The van der Waals surface area contributed by atoms with Gasteiger partial charge >= 0.3 is 0 Å². The highest BCUT2D eigenvalue weighted by molar-refractivity contribution is 7.90. The number of halogens is 2. The number of hydrogen-bond donors (Lipinski definition) is 2. The topological polar surface area (TPSA) is 124 Å². The lowest BCUT2D eigenvalue weighted by Crippen LogP contribution is -2.36. The molecule has 11 heteroatoms. The summed E-state index contributed by atoms with van der Waals surface area (Å²) in [7, 11) is -3.70. The zero-order chi connectivity index (χ0) is 23.4. The summed E-state index contributed by atoms with van der Waals surface area (Å²) in [5, 5.41) is 0. The monoisotopic (exact) mass is 507 g/mol. The molecule has 0 saturated carbocycles. The number of nitrogens with two attached hydrogens (primary N) is 2. The minimum atomic E-state index is -3.70. The zero-order valence-corrected chi connectivity index (χ0v) is 20.1. The highest BCUT2D eigenvalue weighted by atomic mass is 35.5. The molecule has 1 aliphatic rings. The molecule has 2 aromatic carbocycles. The smallest absolute Gasteiger partial charge is 0.182 e. The molecule has 182 valence electrons. The van der Waals surface area contributed by atoms with Crippen molar-refractivity contribution in [2.24, 2.45) is 11.5 Å². The molecule has 1 atom stereocenters. The second-order valence-corrected chi connectivity index (χ2v) is 9.86. The minimum absolute atomic E-state index is 0. The maximum atomic E-state index is 13.3. The molecule has 1 aromatic heterocycles. The standard InChI is InChI=1S/C23H26FN5O3S.ClH/c24-19-3-1-16(2-4-19)15-33(30,31)21-10-17(9-20(11-21)29-5-7-32-8-6-29)18-13-27-23(28-14-18)22(26)12-25;/h1-4,9-11,13-14,22H,5-8,12,15,25-26H2;1H. The lowest BCUT2D eigenvalue weighted by molar-refractivity contribution is 0.122. The van der Waals surface area contributed by atoms with E-state index in [0.29, 0.717) is 48.8 Å². The Morgan fingerprint density at radius 1 is 1.03 bits per heavy atom. The predicted molar refractivity (Wildman–Crippen MR) is 131 cm³/mol. The molecule has 34 heavy (non-hydrogen) atoms. The first kappa shape index (κ1) is 26.0. The van der Waals surface area contributed by atoms with Gasteiger partial charge in [-0.1, -0.05) is 12.1 Å². The molecular formula is C23H27ClFN5O3S. The van der Waals surface area contributed by atoms with Crippen LogP contribution in [0.2, 0.25) is 0 Å². The van der Waals surface area contributed by atoms with Crippen molar-refractivity contribution >= 4 is 27.9 Å². The number of nitrogens with zero attached hydrogens (tertiary/aromatic N) is 3. The molecule has 1 saturated heterocycles. The largest absolute Gasteiger partial charge is 0.378 e. The summed E-state index contributed by atoms with van der Waals surface area (Å²) in [6.07, 6.45) is 3.24. The maximum absolute atomic E-state index is 13.3. The van der Waals surface area contributed by atoms with Crippen LogP contribution in [0, 0.1) is 5.82 Å². The second kappa shape index (κ2) is 11.2. The first-order valence-electron chi connectivity index (χ1n) is 10.6. The van der Waals surface area contributed by atoms with Gasteiger partial charge in [0.05, 0.1) is 29.9 Å². The second-order valence-electron chi connectivity index (χ2n) is 7.87. The lowest BCUT2D eigenvalue weighted by Gasteiger charge is -2.29. The third-order valence-corrected chi connectivity index (χ3v) is 7.15. The molecule has 1 unspecified atom stereocenters. The Kier molecular flexibility index (Phi) is 8.56. The van der Waals surface area contributed by atoms with Crippen LogP contribution in [-0.4, -0.2) is 51.2 Å². The van der Waals surface area contributed by atoms with Gasteiger partial charge in [0.1, 0.15) is 11.6 Å². The van der Waals surface area contributed by atoms with Crippen molar-refractivity contribution in [2.45, 2.75) is 16.7 Å². The molecule has 0 amide bonds. The number of sulfone groups is 1. The quantitative estimate of drug-likeness (QED) is 0.499. The third-order valence-electron chi connectivity index (χ3n) is 5.49. The predicted octanol–water partition coefficient (Wildman–Crippen LogP) is 2.47. The molecule has 1 aliphatic heterocycles. The minimum Gasteiger partial charge on any atom is -0.378 e. The van der Waals surface area contributed by atoms with Crippen LogP contribution in [0.4, 0.5) is 10.1 Å². The Morgan fingerprint density at radius 3 is 2.29 bits per heavy atom. The van der Waals surface area contributed by atoms with Crippen molar-refractivity contribution in [3.05, 3.63) is 72.1 Å². The molecule has 0 radical (unpaired) electrons. The number of benzene rings is 2. The van der Waals surface area contributed by atoms with Gasteiger partial charge in [-0.25, -0.2) is 22.8 Å². The van der Waals surface area contributed by atoms with Crippen molar-refractivity contribution in [1.29, 1.82) is 0 Å². The van der Waals surface area contributed by atoms with E-state index >= 15 is 0 Å². The number of anilines is 1. The van der Waals surface area contributed by atoms with Crippen molar-refractivity contribution in [1.82, 2.24) is 9.97 Å². The van der Waals surface area contributed by atoms with E-state index in [4.69, 9.17) is 16.2 Å². The molecule has 8 nitrogen and oxygen atoms in total. The van der Waals surface area contributed by atoms with Gasteiger partial charge < -0.3 is 21.1 Å². The number of morpholine rings is 1. The van der Waals surface area contributed by atoms with Gasteiger partial charge in [0, 0.05) is 43.3 Å². The van der Waals surface area contributed by atoms with Crippen LogP contribution in [0.15, 0.2) is 59.8 Å². The molecule has 4 rings (SSSR count).